The number of aliphatic hydroxyl groups excluding tert-OH is 1. The molecule has 0 spiro atoms. The average Bonchev–Trinajstić information content (AvgIpc) is 3.53. The largest absolute Gasteiger partial charge is 0.494 e. The first-order valence-corrected chi connectivity index (χ1v) is 16.3. The third-order valence-corrected chi connectivity index (χ3v) is 8.53. The minimum absolute atomic E-state index is 0.0424. The van der Waals surface area contributed by atoms with Gasteiger partial charge in [-0.2, -0.15) is 0 Å². The van der Waals surface area contributed by atoms with Gasteiger partial charge in [0, 0.05) is 47.2 Å². The zero-order valence-electron chi connectivity index (χ0n) is 26.6. The van der Waals surface area contributed by atoms with Gasteiger partial charge in [-0.3, -0.25) is 4.79 Å². The number of benzene rings is 5. The molecule has 0 aliphatic carbocycles. The first-order valence-electron chi connectivity index (χ1n) is 15.9. The van der Waals surface area contributed by atoms with Gasteiger partial charge in [-0.05, 0) is 69.7 Å². The summed E-state index contributed by atoms with van der Waals surface area (Å²) in [6.07, 6.45) is -0.237. The number of carbonyl (C=O) groups excluding carboxylic acids is 1. The maximum Gasteiger partial charge on any atom is 0.252 e. The lowest BCUT2D eigenvalue weighted by Crippen LogP contribution is -2.49. The number of halogens is 1. The van der Waals surface area contributed by atoms with Crippen molar-refractivity contribution in [2.45, 2.75) is 31.0 Å². The Hall–Kier alpha value is -5.60. The first-order chi connectivity index (χ1) is 24.0. The standard InChI is InChI=1S/C39H34ClN5O4/c40-33-12-6-8-27(24-33)26-42-38(47)39(25-32-11-4-5-13-35(32)44-45-41)36(30-16-14-29(15-17-30)28-9-2-1-3-10-28)49-37(43-39)31-18-20-34(21-19-31)48-23-7-22-46/h1-6,8-21,24,36,46H,7,22-23,25-26H2,(H,42,47)/t36-,39-/m1/s1. The average molecular weight is 672 g/mol. The van der Waals surface area contributed by atoms with Crippen molar-refractivity contribution in [3.63, 3.8) is 0 Å². The third-order valence-electron chi connectivity index (χ3n) is 8.30. The van der Waals surface area contributed by atoms with Crippen molar-refractivity contribution in [3.05, 3.63) is 165 Å². The summed E-state index contributed by atoms with van der Waals surface area (Å²) in [5.41, 5.74) is 13.2. The number of hydrogen-bond donors (Lipinski definition) is 2. The summed E-state index contributed by atoms with van der Waals surface area (Å²) in [6.45, 7) is 0.638. The number of ether oxygens (including phenoxy) is 2. The van der Waals surface area contributed by atoms with Crippen LogP contribution in [0.15, 0.2) is 138 Å². The maximum absolute atomic E-state index is 14.7. The molecule has 0 fully saturated rings. The van der Waals surface area contributed by atoms with Crippen molar-refractivity contribution in [3.8, 4) is 16.9 Å². The van der Waals surface area contributed by atoms with E-state index in [1.54, 1.807) is 36.4 Å². The Morgan fingerprint density at radius 3 is 2.37 bits per heavy atom. The van der Waals surface area contributed by atoms with Gasteiger partial charge < -0.3 is 19.9 Å². The number of carbonyl (C=O) groups is 1. The van der Waals surface area contributed by atoms with Crippen LogP contribution >= 0.6 is 11.6 Å². The van der Waals surface area contributed by atoms with Gasteiger partial charge >= 0.3 is 0 Å². The summed E-state index contributed by atoms with van der Waals surface area (Å²) in [4.78, 5) is 22.8. The van der Waals surface area contributed by atoms with Gasteiger partial charge in [0.1, 0.15) is 5.75 Å². The summed E-state index contributed by atoms with van der Waals surface area (Å²) in [7, 11) is 0. The van der Waals surface area contributed by atoms with Crippen LogP contribution in [0.25, 0.3) is 21.6 Å². The molecule has 5 aromatic rings. The number of amides is 1. The van der Waals surface area contributed by atoms with Gasteiger partial charge in [-0.1, -0.05) is 108 Å². The number of nitrogens with zero attached hydrogens (tertiary/aromatic N) is 4. The van der Waals surface area contributed by atoms with Gasteiger partial charge in [0.05, 0.1) is 6.61 Å². The molecule has 2 N–H and O–H groups in total. The van der Waals surface area contributed by atoms with Crippen LogP contribution in [0.2, 0.25) is 5.02 Å². The summed E-state index contributed by atoms with van der Waals surface area (Å²) in [5, 5.41) is 16.7. The summed E-state index contributed by atoms with van der Waals surface area (Å²) in [6, 6.07) is 39.7. The molecule has 0 radical (unpaired) electrons. The molecular formula is C39H34ClN5O4. The molecule has 0 saturated heterocycles. The number of rotatable bonds is 13. The molecule has 1 amide bonds. The Balaban J connectivity index is 1.44. The SMILES string of the molecule is [N-]=[N+]=Nc1ccccc1C[C@@]1(C(=O)NCc2cccc(Cl)c2)N=C(c2ccc(OCCCO)cc2)O[C@@H]1c1ccc(-c2ccccc2)cc1. The molecule has 49 heavy (non-hydrogen) atoms. The normalized spacial score (nSPS) is 16.6. The van der Waals surface area contributed by atoms with Crippen LogP contribution in [0.3, 0.4) is 0 Å². The monoisotopic (exact) mass is 671 g/mol. The zero-order chi connectivity index (χ0) is 34.1. The van der Waals surface area contributed by atoms with Gasteiger partial charge in [-0.15, -0.1) is 0 Å². The van der Waals surface area contributed by atoms with Crippen LogP contribution in [0.4, 0.5) is 5.69 Å². The number of aliphatic hydroxyl groups is 1. The van der Waals surface area contributed by atoms with E-state index in [4.69, 9.17) is 31.2 Å². The first kappa shape index (κ1) is 33.3. The molecule has 0 aromatic heterocycles. The van der Waals surface area contributed by atoms with E-state index in [2.05, 4.69) is 15.3 Å². The molecule has 5 aromatic carbocycles. The highest BCUT2D eigenvalue weighted by Crippen LogP contribution is 2.44. The minimum Gasteiger partial charge on any atom is -0.494 e. The van der Waals surface area contributed by atoms with E-state index in [0.29, 0.717) is 46.5 Å². The van der Waals surface area contributed by atoms with E-state index in [-0.39, 0.29) is 25.5 Å². The van der Waals surface area contributed by atoms with Crippen LogP contribution < -0.4 is 10.1 Å². The fraction of sp³-hybridized carbons (Fsp3) is 0.179. The van der Waals surface area contributed by atoms with E-state index in [9.17, 15) is 10.3 Å². The molecule has 2 atom stereocenters. The quantitative estimate of drug-likeness (QED) is 0.0562. The lowest BCUT2D eigenvalue weighted by atomic mass is 9.81. The Labute approximate surface area is 289 Å². The van der Waals surface area contributed by atoms with Gasteiger partial charge in [-0.25, -0.2) is 4.99 Å². The molecule has 0 bridgehead atoms. The Morgan fingerprint density at radius 2 is 1.63 bits per heavy atom. The smallest absolute Gasteiger partial charge is 0.252 e. The molecule has 1 aliphatic heterocycles. The van der Waals surface area contributed by atoms with Gasteiger partial charge in [0.2, 0.25) is 5.90 Å². The highest BCUT2D eigenvalue weighted by molar-refractivity contribution is 6.30. The van der Waals surface area contributed by atoms with Crippen LogP contribution in [0, 0.1) is 0 Å². The Kier molecular flexibility index (Phi) is 10.6. The number of nitrogens with one attached hydrogen (secondary N) is 1. The van der Waals surface area contributed by atoms with E-state index >= 15 is 0 Å². The molecule has 0 saturated carbocycles. The van der Waals surface area contributed by atoms with Gasteiger partial charge in [0.15, 0.2) is 11.6 Å². The van der Waals surface area contributed by atoms with E-state index < -0.39 is 11.6 Å². The predicted octanol–water partition coefficient (Wildman–Crippen LogP) is 8.53. The number of hydrogen-bond acceptors (Lipinski definition) is 6. The van der Waals surface area contributed by atoms with Crippen molar-refractivity contribution < 1.29 is 19.4 Å². The fourth-order valence-electron chi connectivity index (χ4n) is 5.84. The molecular weight excluding hydrogens is 638 g/mol. The zero-order valence-corrected chi connectivity index (χ0v) is 27.3. The topological polar surface area (TPSA) is 129 Å². The summed E-state index contributed by atoms with van der Waals surface area (Å²) in [5.74, 6) is 0.565. The second-order valence-corrected chi connectivity index (χ2v) is 12.0. The second kappa shape index (κ2) is 15.5. The van der Waals surface area contributed by atoms with E-state index in [0.717, 1.165) is 22.3 Å². The van der Waals surface area contributed by atoms with Crippen molar-refractivity contribution in [2.75, 3.05) is 13.2 Å². The van der Waals surface area contributed by atoms with Crippen LogP contribution in [-0.2, 0) is 22.5 Å². The van der Waals surface area contributed by atoms with Crippen molar-refractivity contribution in [1.82, 2.24) is 5.32 Å². The molecule has 0 unspecified atom stereocenters. The molecule has 10 heteroatoms. The molecule has 246 valence electrons. The highest BCUT2D eigenvalue weighted by atomic mass is 35.5. The van der Waals surface area contributed by atoms with Crippen LogP contribution in [0.5, 0.6) is 5.75 Å². The molecule has 1 aliphatic rings. The Morgan fingerprint density at radius 1 is 0.918 bits per heavy atom. The lowest BCUT2D eigenvalue weighted by Gasteiger charge is -2.31. The highest BCUT2D eigenvalue weighted by Gasteiger charge is 2.53. The molecule has 9 nitrogen and oxygen atoms in total. The molecule has 1 heterocycles. The fourth-order valence-corrected chi connectivity index (χ4v) is 6.05. The van der Waals surface area contributed by atoms with Crippen molar-refractivity contribution in [2.24, 2.45) is 10.1 Å². The molecule has 6 rings (SSSR count). The Bertz CT molecular complexity index is 1980. The van der Waals surface area contributed by atoms with Crippen LogP contribution in [0.1, 0.15) is 34.8 Å². The second-order valence-electron chi connectivity index (χ2n) is 11.6. The number of azide groups is 1. The van der Waals surface area contributed by atoms with Crippen molar-refractivity contribution >= 4 is 29.1 Å². The summed E-state index contributed by atoms with van der Waals surface area (Å²) < 4.78 is 12.4. The minimum atomic E-state index is -1.50. The van der Waals surface area contributed by atoms with E-state index in [1.165, 1.54) is 0 Å². The van der Waals surface area contributed by atoms with Crippen molar-refractivity contribution in [1.29, 1.82) is 0 Å². The maximum atomic E-state index is 14.7. The number of aliphatic imine (C=N–C) groups is 1. The summed E-state index contributed by atoms with van der Waals surface area (Å²) >= 11 is 6.25. The van der Waals surface area contributed by atoms with E-state index in [1.807, 2.05) is 91.0 Å². The van der Waals surface area contributed by atoms with Crippen LogP contribution in [-0.4, -0.2) is 35.7 Å². The predicted molar refractivity (Wildman–Crippen MR) is 191 cm³/mol. The van der Waals surface area contributed by atoms with Gasteiger partial charge in [0.25, 0.3) is 5.91 Å². The lowest BCUT2D eigenvalue weighted by molar-refractivity contribution is -0.129. The third kappa shape index (κ3) is 7.77.